The second kappa shape index (κ2) is 4.45. The summed E-state index contributed by atoms with van der Waals surface area (Å²) in [7, 11) is 0. The Balaban J connectivity index is 1.95. The molecule has 0 saturated carbocycles. The summed E-state index contributed by atoms with van der Waals surface area (Å²) < 4.78 is 5.39. The smallest absolute Gasteiger partial charge is 0.228 e. The molecule has 0 saturated heterocycles. The second-order valence-electron chi connectivity index (χ2n) is 4.93. The maximum atomic E-state index is 12.3. The third-order valence-electron chi connectivity index (χ3n) is 3.57. The van der Waals surface area contributed by atoms with Crippen molar-refractivity contribution in [3.63, 3.8) is 0 Å². The normalized spacial score (nSPS) is 14.3. The molecular weight excluding hydrogens is 224 g/mol. The van der Waals surface area contributed by atoms with Crippen molar-refractivity contribution in [2.75, 3.05) is 0 Å². The molecule has 92 valence electrons. The van der Waals surface area contributed by atoms with Gasteiger partial charge in [0.1, 0.15) is 5.76 Å². The van der Waals surface area contributed by atoms with Crippen molar-refractivity contribution >= 4 is 5.78 Å². The Morgan fingerprint density at radius 1 is 1.06 bits per heavy atom. The van der Waals surface area contributed by atoms with E-state index in [-0.39, 0.29) is 5.78 Å². The maximum Gasteiger partial charge on any atom is 0.228 e. The van der Waals surface area contributed by atoms with Gasteiger partial charge >= 0.3 is 0 Å². The highest BCUT2D eigenvalue weighted by molar-refractivity contribution is 6.07. The predicted octanol–water partition coefficient (Wildman–Crippen LogP) is 3.70. The highest BCUT2D eigenvalue weighted by Gasteiger charge is 2.16. The van der Waals surface area contributed by atoms with Crippen LogP contribution in [0.4, 0.5) is 0 Å². The van der Waals surface area contributed by atoms with Crippen LogP contribution in [-0.2, 0) is 12.8 Å². The molecule has 2 aromatic rings. The van der Waals surface area contributed by atoms with Crippen LogP contribution in [0.2, 0.25) is 0 Å². The van der Waals surface area contributed by atoms with Gasteiger partial charge in [-0.05, 0) is 61.9 Å². The Morgan fingerprint density at radius 3 is 2.56 bits per heavy atom. The van der Waals surface area contributed by atoms with Crippen LogP contribution < -0.4 is 0 Å². The Morgan fingerprint density at radius 2 is 1.83 bits per heavy atom. The molecule has 0 fully saturated rings. The van der Waals surface area contributed by atoms with Gasteiger partial charge in [0.15, 0.2) is 5.76 Å². The Kier molecular flexibility index (Phi) is 2.78. The molecule has 2 heteroatoms. The molecule has 0 N–H and O–H groups in total. The van der Waals surface area contributed by atoms with E-state index < -0.39 is 0 Å². The molecule has 0 aliphatic heterocycles. The van der Waals surface area contributed by atoms with Gasteiger partial charge in [0, 0.05) is 5.56 Å². The zero-order valence-corrected chi connectivity index (χ0v) is 10.5. The lowest BCUT2D eigenvalue weighted by atomic mass is 9.89. The highest BCUT2D eigenvalue weighted by Crippen LogP contribution is 2.23. The van der Waals surface area contributed by atoms with Gasteiger partial charge in [0.2, 0.25) is 5.78 Å². The Labute approximate surface area is 107 Å². The van der Waals surface area contributed by atoms with E-state index in [0.717, 1.165) is 24.2 Å². The number of carbonyl (C=O) groups excluding carboxylic acids is 1. The third-order valence-corrected chi connectivity index (χ3v) is 3.57. The first-order chi connectivity index (χ1) is 8.74. The molecule has 1 heterocycles. The van der Waals surface area contributed by atoms with Crippen molar-refractivity contribution < 1.29 is 9.21 Å². The first-order valence-corrected chi connectivity index (χ1v) is 6.47. The number of rotatable bonds is 2. The van der Waals surface area contributed by atoms with E-state index in [1.54, 1.807) is 6.07 Å². The number of aryl methyl sites for hydroxylation is 3. The van der Waals surface area contributed by atoms with E-state index in [4.69, 9.17) is 4.42 Å². The fraction of sp³-hybridized carbons (Fsp3) is 0.312. The van der Waals surface area contributed by atoms with Crippen molar-refractivity contribution in [1.82, 2.24) is 0 Å². The third kappa shape index (κ3) is 1.99. The van der Waals surface area contributed by atoms with Crippen molar-refractivity contribution in [2.45, 2.75) is 32.6 Å². The largest absolute Gasteiger partial charge is 0.458 e. The van der Waals surface area contributed by atoms with Crippen LogP contribution in [0.1, 0.15) is 45.8 Å². The molecule has 0 bridgehead atoms. The summed E-state index contributed by atoms with van der Waals surface area (Å²) >= 11 is 0. The van der Waals surface area contributed by atoms with Crippen molar-refractivity contribution in [2.24, 2.45) is 0 Å². The van der Waals surface area contributed by atoms with Gasteiger partial charge in [-0.1, -0.05) is 12.1 Å². The van der Waals surface area contributed by atoms with Gasteiger partial charge in [0.05, 0.1) is 0 Å². The standard InChI is InChI=1S/C16H16O2/c1-11-6-9-15(18-11)16(17)14-8-7-12-4-2-3-5-13(12)10-14/h6-10H,2-5H2,1H3. The maximum absolute atomic E-state index is 12.3. The van der Waals surface area contributed by atoms with E-state index in [1.165, 1.54) is 24.0 Å². The van der Waals surface area contributed by atoms with Gasteiger partial charge in [-0.25, -0.2) is 0 Å². The van der Waals surface area contributed by atoms with Crippen molar-refractivity contribution in [3.05, 3.63) is 58.5 Å². The molecule has 0 amide bonds. The van der Waals surface area contributed by atoms with Crippen LogP contribution in [0.15, 0.2) is 34.7 Å². The minimum Gasteiger partial charge on any atom is -0.458 e. The fourth-order valence-corrected chi connectivity index (χ4v) is 2.57. The number of hydrogen-bond acceptors (Lipinski definition) is 2. The second-order valence-corrected chi connectivity index (χ2v) is 4.93. The number of fused-ring (bicyclic) bond motifs is 1. The number of benzene rings is 1. The molecule has 3 rings (SSSR count). The molecule has 1 aliphatic carbocycles. The number of ketones is 1. The minimum atomic E-state index is -0.0172. The molecule has 1 aliphatic rings. The van der Waals surface area contributed by atoms with Crippen LogP contribution in [0.25, 0.3) is 0 Å². The van der Waals surface area contributed by atoms with E-state index in [9.17, 15) is 4.79 Å². The Bertz CT molecular complexity index is 593. The van der Waals surface area contributed by atoms with Crippen molar-refractivity contribution in [1.29, 1.82) is 0 Å². The summed E-state index contributed by atoms with van der Waals surface area (Å²) in [6.07, 6.45) is 4.72. The summed E-state index contributed by atoms with van der Waals surface area (Å²) in [5, 5.41) is 0. The summed E-state index contributed by atoms with van der Waals surface area (Å²) in [6.45, 7) is 1.85. The summed E-state index contributed by atoms with van der Waals surface area (Å²) in [4.78, 5) is 12.3. The van der Waals surface area contributed by atoms with E-state index in [0.29, 0.717) is 5.76 Å². The topological polar surface area (TPSA) is 30.2 Å². The van der Waals surface area contributed by atoms with Crippen LogP contribution in [0.3, 0.4) is 0 Å². The van der Waals surface area contributed by atoms with E-state index in [2.05, 4.69) is 6.07 Å². The average Bonchev–Trinajstić information content (AvgIpc) is 2.84. The van der Waals surface area contributed by atoms with Crippen LogP contribution in [0.5, 0.6) is 0 Å². The fourth-order valence-electron chi connectivity index (χ4n) is 2.57. The SMILES string of the molecule is Cc1ccc(C(=O)c2ccc3c(c2)CCCC3)o1. The Hall–Kier alpha value is -1.83. The van der Waals surface area contributed by atoms with Crippen LogP contribution in [-0.4, -0.2) is 5.78 Å². The molecule has 0 unspecified atom stereocenters. The summed E-state index contributed by atoms with van der Waals surface area (Å²) in [5.41, 5.74) is 3.47. The molecule has 0 radical (unpaired) electrons. The molecule has 18 heavy (non-hydrogen) atoms. The zero-order valence-electron chi connectivity index (χ0n) is 10.5. The average molecular weight is 240 g/mol. The molecule has 0 spiro atoms. The monoisotopic (exact) mass is 240 g/mol. The van der Waals surface area contributed by atoms with Gasteiger partial charge in [-0.15, -0.1) is 0 Å². The number of furan rings is 1. The van der Waals surface area contributed by atoms with Crippen molar-refractivity contribution in [3.8, 4) is 0 Å². The predicted molar refractivity (Wildman–Crippen MR) is 70.0 cm³/mol. The molecular formula is C16H16O2. The lowest BCUT2D eigenvalue weighted by molar-refractivity contribution is 0.101. The van der Waals surface area contributed by atoms with Gasteiger partial charge in [-0.3, -0.25) is 4.79 Å². The lowest BCUT2D eigenvalue weighted by Crippen LogP contribution is -2.06. The number of hydrogen-bond donors (Lipinski definition) is 0. The molecule has 2 nitrogen and oxygen atoms in total. The van der Waals surface area contributed by atoms with Crippen LogP contribution in [0, 0.1) is 6.92 Å². The zero-order chi connectivity index (χ0) is 12.5. The van der Waals surface area contributed by atoms with Gasteiger partial charge < -0.3 is 4.42 Å². The van der Waals surface area contributed by atoms with Gasteiger partial charge in [-0.2, -0.15) is 0 Å². The van der Waals surface area contributed by atoms with E-state index in [1.807, 2.05) is 25.1 Å². The van der Waals surface area contributed by atoms with Crippen LogP contribution >= 0.6 is 0 Å². The quantitative estimate of drug-likeness (QED) is 0.749. The minimum absolute atomic E-state index is 0.0172. The lowest BCUT2D eigenvalue weighted by Gasteiger charge is -2.15. The summed E-state index contributed by atoms with van der Waals surface area (Å²) in [6, 6.07) is 9.62. The first-order valence-electron chi connectivity index (χ1n) is 6.47. The van der Waals surface area contributed by atoms with E-state index >= 15 is 0 Å². The molecule has 1 aromatic heterocycles. The highest BCUT2D eigenvalue weighted by atomic mass is 16.3. The molecule has 0 atom stereocenters. The van der Waals surface area contributed by atoms with Gasteiger partial charge in [0.25, 0.3) is 0 Å². The summed E-state index contributed by atoms with van der Waals surface area (Å²) in [5.74, 6) is 1.19. The first kappa shape index (κ1) is 11.3. The molecule has 1 aromatic carbocycles. The number of carbonyl (C=O) groups is 1.